The number of aryl methyl sites for hydroxylation is 4. The lowest BCUT2D eigenvalue weighted by atomic mass is 10.0. The zero-order valence-electron chi connectivity index (χ0n) is 22.2. The maximum absolute atomic E-state index is 11.8. The molecule has 37 heavy (non-hydrogen) atoms. The van der Waals surface area contributed by atoms with Gasteiger partial charge in [-0.05, 0) is 68.0 Å². The Bertz CT molecular complexity index is 1240. The molecule has 0 atom stereocenters. The first-order chi connectivity index (χ1) is 17.9. The molecular formula is C29H36N4O4. The second kappa shape index (κ2) is 12.1. The van der Waals surface area contributed by atoms with Gasteiger partial charge >= 0.3 is 5.97 Å². The van der Waals surface area contributed by atoms with E-state index >= 15 is 0 Å². The lowest BCUT2D eigenvalue weighted by Crippen LogP contribution is -2.48. The fraction of sp³-hybridized carbons (Fsp3) is 0.414. The quantitative estimate of drug-likeness (QED) is 0.442. The van der Waals surface area contributed by atoms with Gasteiger partial charge in [-0.25, -0.2) is 14.8 Å². The summed E-state index contributed by atoms with van der Waals surface area (Å²) in [5.74, 6) is 1.36. The minimum Gasteiger partial charge on any atom is -0.496 e. The zero-order valence-corrected chi connectivity index (χ0v) is 22.2. The summed E-state index contributed by atoms with van der Waals surface area (Å²) in [7, 11) is 1.66. The number of hydrogen-bond donors (Lipinski definition) is 1. The van der Waals surface area contributed by atoms with Crippen LogP contribution in [0.3, 0.4) is 0 Å². The van der Waals surface area contributed by atoms with Crippen molar-refractivity contribution in [2.75, 3.05) is 51.3 Å². The highest BCUT2D eigenvalue weighted by molar-refractivity contribution is 5.88. The molecule has 1 aromatic heterocycles. The number of hydrogen-bond acceptors (Lipinski definition) is 7. The van der Waals surface area contributed by atoms with Crippen LogP contribution in [0.1, 0.15) is 38.3 Å². The van der Waals surface area contributed by atoms with Gasteiger partial charge < -0.3 is 19.5 Å². The molecule has 0 radical (unpaired) electrons. The van der Waals surface area contributed by atoms with E-state index in [9.17, 15) is 9.90 Å². The van der Waals surface area contributed by atoms with Crippen LogP contribution in [0, 0.1) is 20.8 Å². The molecule has 196 valence electrons. The molecule has 0 unspecified atom stereocenters. The molecule has 0 bridgehead atoms. The number of carboxylic acid groups (broad SMARTS) is 1. The van der Waals surface area contributed by atoms with Gasteiger partial charge in [0.2, 0.25) is 5.95 Å². The number of nitrogens with zero attached hydrogens (tertiary/aromatic N) is 4. The third kappa shape index (κ3) is 6.57. The highest BCUT2D eigenvalue weighted by atomic mass is 16.5. The van der Waals surface area contributed by atoms with Crippen LogP contribution in [-0.2, 0) is 12.8 Å². The summed E-state index contributed by atoms with van der Waals surface area (Å²) in [5.41, 5.74) is 5.28. The molecule has 0 saturated carbocycles. The fourth-order valence-electron chi connectivity index (χ4n) is 4.55. The largest absolute Gasteiger partial charge is 0.496 e. The van der Waals surface area contributed by atoms with Crippen molar-refractivity contribution in [1.29, 1.82) is 0 Å². The summed E-state index contributed by atoms with van der Waals surface area (Å²) < 4.78 is 11.4. The molecular weight excluding hydrogens is 468 g/mol. The molecule has 1 aliphatic heterocycles. The number of carbonyl (C=O) groups is 1. The first-order valence-electron chi connectivity index (χ1n) is 12.7. The van der Waals surface area contributed by atoms with Gasteiger partial charge in [-0.2, -0.15) is 0 Å². The fourth-order valence-corrected chi connectivity index (χ4v) is 4.55. The molecule has 1 aliphatic rings. The third-order valence-corrected chi connectivity index (χ3v) is 7.08. The van der Waals surface area contributed by atoms with E-state index in [1.807, 2.05) is 37.3 Å². The number of anilines is 1. The van der Waals surface area contributed by atoms with Crippen LogP contribution in [-0.4, -0.2) is 72.4 Å². The SMILES string of the molecule is COc1cc(CCc2nc(N3CCN(CCOc4cccc(C)c4C)CC3)ncc2C(=O)O)ccc1C. The molecule has 8 heteroatoms. The van der Waals surface area contributed by atoms with E-state index in [-0.39, 0.29) is 5.56 Å². The van der Waals surface area contributed by atoms with Gasteiger partial charge in [0, 0.05) is 38.9 Å². The van der Waals surface area contributed by atoms with E-state index in [1.165, 1.54) is 17.3 Å². The molecule has 0 aliphatic carbocycles. The Balaban J connectivity index is 1.34. The second-order valence-electron chi connectivity index (χ2n) is 9.51. The van der Waals surface area contributed by atoms with E-state index in [4.69, 9.17) is 14.5 Å². The summed E-state index contributed by atoms with van der Waals surface area (Å²) >= 11 is 0. The average Bonchev–Trinajstić information content (AvgIpc) is 2.90. The summed E-state index contributed by atoms with van der Waals surface area (Å²) in [6.45, 7) is 11.0. The number of carboxylic acids is 1. The lowest BCUT2D eigenvalue weighted by Gasteiger charge is -2.34. The number of methoxy groups -OCH3 is 1. The number of aromatic carboxylic acids is 1. The predicted molar refractivity (Wildman–Crippen MR) is 144 cm³/mol. The normalized spacial score (nSPS) is 14.0. The Morgan fingerprint density at radius 1 is 1.00 bits per heavy atom. The van der Waals surface area contributed by atoms with Crippen LogP contribution in [0.4, 0.5) is 5.95 Å². The lowest BCUT2D eigenvalue weighted by molar-refractivity contribution is 0.0694. The number of piperazine rings is 1. The van der Waals surface area contributed by atoms with Crippen molar-refractivity contribution in [1.82, 2.24) is 14.9 Å². The molecule has 4 rings (SSSR count). The highest BCUT2D eigenvalue weighted by Crippen LogP contribution is 2.22. The van der Waals surface area contributed by atoms with Gasteiger partial charge in [0.25, 0.3) is 0 Å². The second-order valence-corrected chi connectivity index (χ2v) is 9.51. The Labute approximate surface area is 218 Å². The topological polar surface area (TPSA) is 88.0 Å². The molecule has 3 aromatic rings. The Morgan fingerprint density at radius 2 is 1.78 bits per heavy atom. The molecule has 2 aromatic carbocycles. The van der Waals surface area contributed by atoms with Crippen LogP contribution in [0.25, 0.3) is 0 Å². The number of aromatic nitrogens is 2. The Kier molecular flexibility index (Phi) is 8.61. The van der Waals surface area contributed by atoms with Crippen molar-refractivity contribution >= 4 is 11.9 Å². The van der Waals surface area contributed by atoms with E-state index < -0.39 is 5.97 Å². The predicted octanol–water partition coefficient (Wildman–Crippen LogP) is 4.09. The number of rotatable bonds is 10. The number of ether oxygens (including phenoxy) is 2. The molecule has 1 fully saturated rings. The van der Waals surface area contributed by atoms with Crippen molar-refractivity contribution < 1.29 is 19.4 Å². The molecule has 8 nitrogen and oxygen atoms in total. The molecule has 1 saturated heterocycles. The molecule has 1 N–H and O–H groups in total. The van der Waals surface area contributed by atoms with Crippen LogP contribution in [0.2, 0.25) is 0 Å². The van der Waals surface area contributed by atoms with Crippen LogP contribution in [0.15, 0.2) is 42.6 Å². The van der Waals surface area contributed by atoms with Crippen molar-refractivity contribution in [3.05, 3.63) is 76.1 Å². The van der Waals surface area contributed by atoms with Gasteiger partial charge in [-0.1, -0.05) is 24.3 Å². The van der Waals surface area contributed by atoms with E-state index in [0.29, 0.717) is 31.1 Å². The standard InChI is InChI=1S/C29H36N4O4/c1-20-6-5-7-26(22(20)3)37-17-16-32-12-14-33(15-13-32)29-30-19-24(28(34)35)25(31-29)11-10-23-9-8-21(2)27(18-23)36-4/h5-9,18-19H,10-17H2,1-4H3,(H,34,35). The number of benzene rings is 2. The summed E-state index contributed by atoms with van der Waals surface area (Å²) in [4.78, 5) is 25.4. The highest BCUT2D eigenvalue weighted by Gasteiger charge is 2.21. The van der Waals surface area contributed by atoms with Crippen molar-refractivity contribution in [2.45, 2.75) is 33.6 Å². The third-order valence-electron chi connectivity index (χ3n) is 7.08. The van der Waals surface area contributed by atoms with Crippen molar-refractivity contribution in [2.24, 2.45) is 0 Å². The van der Waals surface area contributed by atoms with Crippen LogP contribution in [0.5, 0.6) is 11.5 Å². The Hall–Kier alpha value is -3.65. The minimum absolute atomic E-state index is 0.157. The minimum atomic E-state index is -1.00. The van der Waals surface area contributed by atoms with Gasteiger partial charge in [-0.15, -0.1) is 0 Å². The maximum atomic E-state index is 11.8. The molecule has 0 spiro atoms. The first kappa shape index (κ1) is 26.4. The van der Waals surface area contributed by atoms with E-state index in [1.54, 1.807) is 7.11 Å². The van der Waals surface area contributed by atoms with Crippen LogP contribution >= 0.6 is 0 Å². The molecule has 0 amide bonds. The molecule has 2 heterocycles. The summed E-state index contributed by atoms with van der Waals surface area (Å²) in [6.07, 6.45) is 2.63. The zero-order chi connectivity index (χ0) is 26.4. The van der Waals surface area contributed by atoms with Gasteiger partial charge in [-0.3, -0.25) is 4.90 Å². The van der Waals surface area contributed by atoms with Gasteiger partial charge in [0.1, 0.15) is 18.1 Å². The first-order valence-corrected chi connectivity index (χ1v) is 12.7. The monoisotopic (exact) mass is 504 g/mol. The smallest absolute Gasteiger partial charge is 0.339 e. The summed E-state index contributed by atoms with van der Waals surface area (Å²) in [5, 5.41) is 9.68. The summed E-state index contributed by atoms with van der Waals surface area (Å²) in [6, 6.07) is 12.2. The van der Waals surface area contributed by atoms with Gasteiger partial charge in [0.05, 0.1) is 18.4 Å². The van der Waals surface area contributed by atoms with Gasteiger partial charge in [0.15, 0.2) is 0 Å². The maximum Gasteiger partial charge on any atom is 0.339 e. The van der Waals surface area contributed by atoms with E-state index in [2.05, 4.69) is 34.7 Å². The van der Waals surface area contributed by atoms with Crippen LogP contribution < -0.4 is 14.4 Å². The average molecular weight is 505 g/mol. The Morgan fingerprint density at radius 3 is 2.51 bits per heavy atom. The van der Waals surface area contributed by atoms with Crippen molar-refractivity contribution in [3.8, 4) is 11.5 Å². The van der Waals surface area contributed by atoms with Crippen molar-refractivity contribution in [3.63, 3.8) is 0 Å². The van der Waals surface area contributed by atoms with E-state index in [0.717, 1.165) is 55.3 Å².